The molecule has 154 valence electrons. The van der Waals surface area contributed by atoms with Gasteiger partial charge in [-0.05, 0) is 59.5 Å². The largest absolute Gasteiger partial charge is 0.466 e. The summed E-state index contributed by atoms with van der Waals surface area (Å²) in [6.45, 7) is 10.4. The zero-order valence-electron chi connectivity index (χ0n) is 17.1. The predicted octanol–water partition coefficient (Wildman–Crippen LogP) is 3.01. The van der Waals surface area contributed by atoms with Crippen LogP contribution in [0.1, 0.15) is 59.3 Å². The summed E-state index contributed by atoms with van der Waals surface area (Å²) in [5.74, 6) is 0.937. The highest BCUT2D eigenvalue weighted by Gasteiger charge is 2.27. The van der Waals surface area contributed by atoms with Gasteiger partial charge < -0.3 is 20.3 Å². The third kappa shape index (κ3) is 10.5. The number of halogens is 1. The van der Waals surface area contributed by atoms with E-state index in [1.54, 1.807) is 0 Å². The van der Waals surface area contributed by atoms with Gasteiger partial charge in [-0.1, -0.05) is 13.3 Å². The van der Waals surface area contributed by atoms with Crippen LogP contribution in [0.3, 0.4) is 0 Å². The number of ether oxygens (including phenoxy) is 1. The highest BCUT2D eigenvalue weighted by atomic mass is 127. The molecule has 1 aliphatic rings. The number of nitrogens with one attached hydrogen (secondary N) is 2. The first-order valence-corrected chi connectivity index (χ1v) is 10.0. The lowest BCUT2D eigenvalue weighted by molar-refractivity contribution is -0.149. The summed E-state index contributed by atoms with van der Waals surface area (Å²) in [5.41, 5.74) is 0. The first-order chi connectivity index (χ1) is 12.1. The Morgan fingerprint density at radius 3 is 2.42 bits per heavy atom. The Kier molecular flexibility index (Phi) is 15.1. The van der Waals surface area contributed by atoms with E-state index >= 15 is 0 Å². The van der Waals surface area contributed by atoms with Crippen LogP contribution in [0.5, 0.6) is 0 Å². The molecule has 6 nitrogen and oxygen atoms in total. The maximum absolute atomic E-state index is 11.8. The van der Waals surface area contributed by atoms with Gasteiger partial charge in [-0.25, -0.2) is 0 Å². The molecule has 1 aliphatic carbocycles. The van der Waals surface area contributed by atoms with Crippen LogP contribution >= 0.6 is 24.0 Å². The third-order valence-electron chi connectivity index (χ3n) is 4.68. The van der Waals surface area contributed by atoms with E-state index in [1.165, 1.54) is 12.8 Å². The van der Waals surface area contributed by atoms with Crippen LogP contribution < -0.4 is 10.6 Å². The van der Waals surface area contributed by atoms with E-state index in [9.17, 15) is 4.79 Å². The second-order valence-electron chi connectivity index (χ2n) is 6.86. The Labute approximate surface area is 176 Å². The lowest BCUT2D eigenvalue weighted by Gasteiger charge is -2.29. The number of aliphatic imine (C=N–C) groups is 1. The van der Waals surface area contributed by atoms with Crippen molar-refractivity contribution in [2.45, 2.75) is 65.3 Å². The number of hydrogen-bond acceptors (Lipinski definition) is 4. The molecule has 2 N–H and O–H groups in total. The highest BCUT2D eigenvalue weighted by Crippen LogP contribution is 2.25. The molecule has 0 aliphatic heterocycles. The lowest BCUT2D eigenvalue weighted by Crippen LogP contribution is -2.45. The quantitative estimate of drug-likeness (QED) is 0.217. The molecule has 0 aromatic carbocycles. The molecule has 0 unspecified atom stereocenters. The zero-order valence-corrected chi connectivity index (χ0v) is 19.4. The van der Waals surface area contributed by atoms with Crippen molar-refractivity contribution in [3.8, 4) is 0 Å². The monoisotopic (exact) mass is 482 g/mol. The van der Waals surface area contributed by atoms with E-state index in [4.69, 9.17) is 9.73 Å². The molecule has 0 spiro atoms. The summed E-state index contributed by atoms with van der Waals surface area (Å²) < 4.78 is 5.14. The van der Waals surface area contributed by atoms with E-state index in [1.807, 2.05) is 6.92 Å². The van der Waals surface area contributed by atoms with Gasteiger partial charge in [-0.3, -0.25) is 9.79 Å². The Morgan fingerprint density at radius 2 is 1.85 bits per heavy atom. The minimum atomic E-state index is -0.0309. The minimum Gasteiger partial charge on any atom is -0.466 e. The van der Waals surface area contributed by atoms with Crippen LogP contribution in [0.4, 0.5) is 0 Å². The van der Waals surface area contributed by atoms with Gasteiger partial charge in [-0.15, -0.1) is 24.0 Å². The first-order valence-electron chi connectivity index (χ1n) is 10.0. The van der Waals surface area contributed by atoms with E-state index < -0.39 is 0 Å². The van der Waals surface area contributed by atoms with Crippen molar-refractivity contribution in [1.29, 1.82) is 0 Å². The van der Waals surface area contributed by atoms with Gasteiger partial charge in [0.15, 0.2) is 5.96 Å². The van der Waals surface area contributed by atoms with Crippen molar-refractivity contribution in [1.82, 2.24) is 15.5 Å². The zero-order chi connectivity index (χ0) is 18.5. The van der Waals surface area contributed by atoms with Crippen molar-refractivity contribution in [2.24, 2.45) is 10.9 Å². The fourth-order valence-corrected chi connectivity index (χ4v) is 3.12. The van der Waals surface area contributed by atoms with Crippen LogP contribution in [0, 0.1) is 5.92 Å². The second kappa shape index (κ2) is 15.5. The molecule has 0 bridgehead atoms. The van der Waals surface area contributed by atoms with Crippen LogP contribution in [-0.2, 0) is 9.53 Å². The summed E-state index contributed by atoms with van der Waals surface area (Å²) in [6, 6.07) is 0.390. The van der Waals surface area contributed by atoms with E-state index in [0.29, 0.717) is 12.6 Å². The summed E-state index contributed by atoms with van der Waals surface area (Å²) in [5, 5.41) is 6.86. The van der Waals surface area contributed by atoms with E-state index in [0.717, 1.165) is 57.8 Å². The Balaban J connectivity index is 0.00000625. The highest BCUT2D eigenvalue weighted by molar-refractivity contribution is 14.0. The van der Waals surface area contributed by atoms with Crippen molar-refractivity contribution >= 4 is 35.9 Å². The van der Waals surface area contributed by atoms with Crippen LogP contribution in [0.15, 0.2) is 4.99 Å². The number of likely N-dealkylation sites (N-methyl/N-ethyl adjacent to an activating group) is 1. The minimum absolute atomic E-state index is 0. The number of guanidine groups is 1. The Hall–Kier alpha value is -0.570. The fourth-order valence-electron chi connectivity index (χ4n) is 3.12. The summed E-state index contributed by atoms with van der Waals surface area (Å²) >= 11 is 0. The molecule has 0 radical (unpaired) electrons. The number of hydrogen-bond donors (Lipinski definition) is 2. The number of carbonyl (C=O) groups excluding carboxylic acids is 1. The number of esters is 1. The van der Waals surface area contributed by atoms with Crippen molar-refractivity contribution in [3.05, 3.63) is 0 Å². The number of nitrogens with zero attached hydrogens (tertiary/aromatic N) is 2. The normalized spacial score (nSPS) is 20.4. The first kappa shape index (κ1) is 25.4. The van der Waals surface area contributed by atoms with Gasteiger partial charge in [0.25, 0.3) is 0 Å². The molecule has 0 atom stereocenters. The summed E-state index contributed by atoms with van der Waals surface area (Å²) in [4.78, 5) is 18.9. The molecular formula is C19H39IN4O2. The van der Waals surface area contributed by atoms with Crippen LogP contribution in [-0.4, -0.2) is 62.7 Å². The number of rotatable bonds is 10. The topological polar surface area (TPSA) is 66.0 Å². The maximum atomic E-state index is 11.8. The number of carbonyl (C=O) groups is 1. The van der Waals surface area contributed by atoms with E-state index in [-0.39, 0.29) is 35.9 Å². The molecule has 0 aromatic rings. The SMILES string of the molecule is CCCCN(C)CCN=C(NCC)NC1CCC(C(=O)OCC)CC1.I. The van der Waals surface area contributed by atoms with Gasteiger partial charge in [-0.2, -0.15) is 0 Å². The van der Waals surface area contributed by atoms with Crippen molar-refractivity contribution in [2.75, 3.05) is 39.8 Å². The lowest BCUT2D eigenvalue weighted by atomic mass is 9.86. The second-order valence-corrected chi connectivity index (χ2v) is 6.86. The van der Waals surface area contributed by atoms with Gasteiger partial charge >= 0.3 is 5.97 Å². The van der Waals surface area contributed by atoms with Gasteiger partial charge in [0.05, 0.1) is 19.1 Å². The number of unbranched alkanes of at least 4 members (excludes halogenated alkanes) is 1. The Bertz CT molecular complexity index is 399. The van der Waals surface area contributed by atoms with Gasteiger partial charge in [0.1, 0.15) is 0 Å². The van der Waals surface area contributed by atoms with Gasteiger partial charge in [0.2, 0.25) is 0 Å². The van der Waals surface area contributed by atoms with Crippen LogP contribution in [0.2, 0.25) is 0 Å². The molecule has 0 amide bonds. The maximum Gasteiger partial charge on any atom is 0.308 e. The van der Waals surface area contributed by atoms with Crippen molar-refractivity contribution in [3.63, 3.8) is 0 Å². The molecule has 0 aromatic heterocycles. The standard InChI is InChI=1S/C19H38N4O2.HI/c1-5-8-14-23(4)15-13-21-19(20-6-2)22-17-11-9-16(10-12-17)18(24)25-7-3;/h16-17H,5-15H2,1-4H3,(H2,20,21,22);1H. The molecule has 0 saturated heterocycles. The molecule has 26 heavy (non-hydrogen) atoms. The average molecular weight is 482 g/mol. The Morgan fingerprint density at radius 1 is 1.15 bits per heavy atom. The molecule has 1 fully saturated rings. The fraction of sp³-hybridized carbons (Fsp3) is 0.895. The third-order valence-corrected chi connectivity index (χ3v) is 4.68. The van der Waals surface area contributed by atoms with Crippen molar-refractivity contribution < 1.29 is 9.53 Å². The molecule has 1 saturated carbocycles. The average Bonchev–Trinajstić information content (AvgIpc) is 2.61. The van der Waals surface area contributed by atoms with Gasteiger partial charge in [0, 0.05) is 19.1 Å². The summed E-state index contributed by atoms with van der Waals surface area (Å²) in [6.07, 6.45) is 6.24. The molecule has 7 heteroatoms. The molecule has 1 rings (SSSR count). The van der Waals surface area contributed by atoms with Crippen LogP contribution in [0.25, 0.3) is 0 Å². The summed E-state index contributed by atoms with van der Waals surface area (Å²) in [7, 11) is 2.15. The van der Waals surface area contributed by atoms with E-state index in [2.05, 4.69) is 36.4 Å². The smallest absolute Gasteiger partial charge is 0.308 e. The molecular weight excluding hydrogens is 443 g/mol. The molecule has 0 heterocycles. The predicted molar refractivity (Wildman–Crippen MR) is 119 cm³/mol.